The van der Waals surface area contributed by atoms with Crippen LogP contribution in [-0.4, -0.2) is 51.9 Å². The van der Waals surface area contributed by atoms with Gasteiger partial charge in [0.1, 0.15) is 6.79 Å². The average molecular weight is 426 g/mol. The smallest absolute Gasteiger partial charge is 0.366 e. The lowest BCUT2D eigenvalue weighted by atomic mass is 9.89. The summed E-state index contributed by atoms with van der Waals surface area (Å²) >= 11 is 0. The van der Waals surface area contributed by atoms with Gasteiger partial charge in [0.15, 0.2) is 0 Å². The Labute approximate surface area is 165 Å². The van der Waals surface area contributed by atoms with Gasteiger partial charge in [-0.25, -0.2) is 0 Å². The Hall–Kier alpha value is -1.78. The van der Waals surface area contributed by atoms with Crippen LogP contribution in [-0.2, 0) is 15.1 Å². The third kappa shape index (κ3) is 4.54. The number of nitrogens with zero attached hydrogens (tertiary/aromatic N) is 1. The van der Waals surface area contributed by atoms with E-state index in [2.05, 4.69) is 14.8 Å². The second-order valence-corrected chi connectivity index (χ2v) is 6.75. The summed E-state index contributed by atoms with van der Waals surface area (Å²) in [5.41, 5.74) is -4.74. The van der Waals surface area contributed by atoms with Gasteiger partial charge in [0.05, 0.1) is 0 Å². The molecule has 0 amide bonds. The van der Waals surface area contributed by atoms with Crippen LogP contribution in [0.1, 0.15) is 25.0 Å². The second-order valence-electron chi connectivity index (χ2n) is 6.75. The molecule has 1 fully saturated rings. The number of piperazine rings is 1. The number of benzene rings is 1. The molecule has 29 heavy (non-hydrogen) atoms. The topological polar surface area (TPSA) is 33.7 Å². The lowest BCUT2D eigenvalue weighted by Gasteiger charge is -2.39. The number of nitrogens with one attached hydrogen (secondary N) is 1. The summed E-state index contributed by atoms with van der Waals surface area (Å²) in [6.45, 7) is 4.29. The Kier molecular flexibility index (Phi) is 7.23. The maximum atomic E-state index is 13.8. The SMILES string of the molecule is CC=Cc1cc(C(OCOC)(C(F)(F)F)C(F)(F)F)ccc1N1CCNC[C@H]1C. The first-order chi connectivity index (χ1) is 13.5. The van der Waals surface area contributed by atoms with E-state index in [0.29, 0.717) is 25.3 Å². The molecule has 0 unspecified atom stereocenters. The minimum atomic E-state index is -5.75. The third-order valence-corrected chi connectivity index (χ3v) is 4.78. The number of rotatable bonds is 6. The molecule has 1 N–H and O–H groups in total. The summed E-state index contributed by atoms with van der Waals surface area (Å²) in [4.78, 5) is 1.95. The van der Waals surface area contributed by atoms with Crippen LogP contribution in [0.4, 0.5) is 32.0 Å². The van der Waals surface area contributed by atoms with Crippen molar-refractivity contribution in [3.05, 3.63) is 35.4 Å². The molecule has 164 valence electrons. The van der Waals surface area contributed by atoms with Crippen LogP contribution in [0.5, 0.6) is 0 Å². The normalized spacial score (nSPS) is 19.2. The molecule has 1 atom stereocenters. The van der Waals surface area contributed by atoms with Crippen LogP contribution in [0.15, 0.2) is 24.3 Å². The molecule has 1 saturated heterocycles. The highest BCUT2D eigenvalue weighted by atomic mass is 19.4. The molecule has 1 aromatic carbocycles. The molecule has 1 aliphatic rings. The summed E-state index contributed by atoms with van der Waals surface area (Å²) in [5.74, 6) is 0. The van der Waals surface area contributed by atoms with Crippen LogP contribution in [0.25, 0.3) is 6.08 Å². The standard InChI is InChI=1S/C19H24F6N2O2/c1-4-5-14-10-15(6-7-16(14)27-9-8-26-11-13(27)2)17(18(20,21)22,19(23,24)25)29-12-28-3/h4-7,10,13,26H,8-9,11-12H2,1-3H3/t13-/m1/s1. The van der Waals surface area contributed by atoms with E-state index in [0.717, 1.165) is 19.2 Å². The Bertz CT molecular complexity index is 704. The lowest BCUT2D eigenvalue weighted by molar-refractivity contribution is -0.400. The van der Waals surface area contributed by atoms with Gasteiger partial charge in [-0.1, -0.05) is 18.2 Å². The first-order valence-electron chi connectivity index (χ1n) is 9.00. The van der Waals surface area contributed by atoms with E-state index in [1.807, 2.05) is 11.8 Å². The van der Waals surface area contributed by atoms with Crippen molar-refractivity contribution in [2.24, 2.45) is 0 Å². The molecule has 2 rings (SSSR count). The summed E-state index contributed by atoms with van der Waals surface area (Å²) in [6.07, 6.45) is -8.45. The van der Waals surface area contributed by atoms with Gasteiger partial charge in [-0.05, 0) is 31.5 Å². The first kappa shape index (κ1) is 23.5. The largest absolute Gasteiger partial charge is 0.430 e. The van der Waals surface area contributed by atoms with E-state index in [4.69, 9.17) is 0 Å². The average Bonchev–Trinajstić information content (AvgIpc) is 2.61. The second kappa shape index (κ2) is 8.93. The zero-order valence-electron chi connectivity index (χ0n) is 16.3. The highest BCUT2D eigenvalue weighted by Crippen LogP contribution is 2.53. The van der Waals surface area contributed by atoms with Crippen LogP contribution >= 0.6 is 0 Å². The molecular formula is C19H24F6N2O2. The number of hydrogen-bond donors (Lipinski definition) is 1. The molecule has 1 aromatic rings. The van der Waals surface area contributed by atoms with Crippen molar-refractivity contribution in [2.75, 3.05) is 38.4 Å². The summed E-state index contributed by atoms with van der Waals surface area (Å²) in [6, 6.07) is 3.03. The summed E-state index contributed by atoms with van der Waals surface area (Å²) in [7, 11) is 0.956. The molecule has 0 radical (unpaired) electrons. The predicted molar refractivity (Wildman–Crippen MR) is 97.6 cm³/mol. The van der Waals surface area contributed by atoms with Crippen molar-refractivity contribution in [2.45, 2.75) is 37.8 Å². The van der Waals surface area contributed by atoms with Crippen molar-refractivity contribution in [3.8, 4) is 0 Å². The van der Waals surface area contributed by atoms with E-state index in [9.17, 15) is 26.3 Å². The van der Waals surface area contributed by atoms with Crippen molar-refractivity contribution in [1.82, 2.24) is 5.32 Å². The van der Waals surface area contributed by atoms with Gasteiger partial charge in [0, 0.05) is 44.0 Å². The quantitative estimate of drug-likeness (QED) is 0.538. The van der Waals surface area contributed by atoms with Gasteiger partial charge < -0.3 is 19.7 Å². The lowest BCUT2D eigenvalue weighted by Crippen LogP contribution is -2.56. The Morgan fingerprint density at radius 1 is 1.17 bits per heavy atom. The van der Waals surface area contributed by atoms with Crippen molar-refractivity contribution in [1.29, 1.82) is 0 Å². The molecule has 4 nitrogen and oxygen atoms in total. The van der Waals surface area contributed by atoms with Crippen LogP contribution in [0, 0.1) is 0 Å². The fourth-order valence-electron chi connectivity index (χ4n) is 3.43. The molecule has 0 saturated carbocycles. The molecule has 10 heteroatoms. The maximum absolute atomic E-state index is 13.8. The molecule has 0 aliphatic carbocycles. The van der Waals surface area contributed by atoms with Gasteiger partial charge >= 0.3 is 12.4 Å². The minimum Gasteiger partial charge on any atom is -0.366 e. The third-order valence-electron chi connectivity index (χ3n) is 4.78. The predicted octanol–water partition coefficient (Wildman–Crippen LogP) is 4.46. The number of hydrogen-bond acceptors (Lipinski definition) is 4. The molecule has 1 heterocycles. The molecule has 1 aliphatic heterocycles. The van der Waals surface area contributed by atoms with Crippen molar-refractivity contribution >= 4 is 11.8 Å². The van der Waals surface area contributed by atoms with E-state index in [1.54, 1.807) is 13.0 Å². The minimum absolute atomic E-state index is 0.0262. The zero-order valence-corrected chi connectivity index (χ0v) is 16.3. The molecule has 0 bridgehead atoms. The van der Waals surface area contributed by atoms with E-state index in [1.165, 1.54) is 12.1 Å². The number of halogens is 6. The van der Waals surface area contributed by atoms with Gasteiger partial charge in [-0.2, -0.15) is 26.3 Å². The number of methoxy groups -OCH3 is 1. The monoisotopic (exact) mass is 426 g/mol. The number of ether oxygens (including phenoxy) is 2. The highest BCUT2D eigenvalue weighted by Gasteiger charge is 2.73. The summed E-state index contributed by atoms with van der Waals surface area (Å²) in [5, 5.41) is 3.19. The fourth-order valence-corrected chi connectivity index (χ4v) is 3.43. The van der Waals surface area contributed by atoms with Gasteiger partial charge in [0.25, 0.3) is 5.60 Å². The van der Waals surface area contributed by atoms with E-state index < -0.39 is 30.3 Å². The fraction of sp³-hybridized carbons (Fsp3) is 0.579. The Balaban J connectivity index is 2.67. The summed E-state index contributed by atoms with van der Waals surface area (Å²) < 4.78 is 91.3. The number of alkyl halides is 6. The van der Waals surface area contributed by atoms with E-state index >= 15 is 0 Å². The number of anilines is 1. The van der Waals surface area contributed by atoms with Crippen molar-refractivity contribution in [3.63, 3.8) is 0 Å². The first-order valence-corrected chi connectivity index (χ1v) is 9.00. The number of allylic oxidation sites excluding steroid dienone is 1. The molecule has 0 aromatic heterocycles. The maximum Gasteiger partial charge on any atom is 0.430 e. The van der Waals surface area contributed by atoms with Crippen LogP contribution in [0.3, 0.4) is 0 Å². The van der Waals surface area contributed by atoms with Crippen LogP contribution in [0.2, 0.25) is 0 Å². The zero-order chi connectivity index (χ0) is 21.9. The highest BCUT2D eigenvalue weighted by molar-refractivity contribution is 5.69. The van der Waals surface area contributed by atoms with Gasteiger partial charge in [0.2, 0.25) is 0 Å². The molecular weight excluding hydrogens is 402 g/mol. The Morgan fingerprint density at radius 2 is 1.83 bits per heavy atom. The van der Waals surface area contributed by atoms with Gasteiger partial charge in [-0.3, -0.25) is 0 Å². The Morgan fingerprint density at radius 3 is 2.34 bits per heavy atom. The van der Waals surface area contributed by atoms with Gasteiger partial charge in [-0.15, -0.1) is 0 Å². The van der Waals surface area contributed by atoms with Crippen molar-refractivity contribution < 1.29 is 35.8 Å². The molecule has 0 spiro atoms. The van der Waals surface area contributed by atoms with E-state index in [-0.39, 0.29) is 11.6 Å². The van der Waals surface area contributed by atoms with Crippen LogP contribution < -0.4 is 10.2 Å².